The number of aryl methyl sites for hydroxylation is 1. The van der Waals surface area contributed by atoms with Crippen LogP contribution in [-0.2, 0) is 26.2 Å². The van der Waals surface area contributed by atoms with Crippen LogP contribution in [0.5, 0.6) is 11.5 Å². The molecule has 4 N–H and O–H groups in total. The van der Waals surface area contributed by atoms with Crippen LogP contribution in [0.1, 0.15) is 114 Å². The second-order valence-electron chi connectivity index (χ2n) is 16.5. The van der Waals surface area contributed by atoms with Gasteiger partial charge in [-0.15, -0.1) is 0 Å². The molecule has 1 saturated heterocycles. The van der Waals surface area contributed by atoms with Gasteiger partial charge < -0.3 is 35.0 Å². The van der Waals surface area contributed by atoms with Gasteiger partial charge in [0.2, 0.25) is 11.8 Å². The summed E-state index contributed by atoms with van der Waals surface area (Å²) in [5, 5.41) is 7.94. The molecule has 0 bridgehead atoms. The van der Waals surface area contributed by atoms with Crippen LogP contribution in [-0.4, -0.2) is 69.0 Å². The van der Waals surface area contributed by atoms with E-state index in [1.54, 1.807) is 0 Å². The normalized spacial score (nSPS) is 18.1. The second kappa shape index (κ2) is 15.9. The smallest absolute Gasteiger partial charge is 0.407 e. The van der Waals surface area contributed by atoms with Crippen molar-refractivity contribution in [3.63, 3.8) is 0 Å². The van der Waals surface area contributed by atoms with Crippen molar-refractivity contribution in [2.45, 2.75) is 109 Å². The molecule has 0 radical (unpaired) electrons. The maximum absolute atomic E-state index is 13.9. The molecule has 4 atom stereocenters. The monoisotopic (exact) mass is 773 g/mol. The highest BCUT2D eigenvalue weighted by Crippen LogP contribution is 2.62. The molecular formula is C45H55N7O5. The zero-order valence-corrected chi connectivity index (χ0v) is 33.8. The minimum atomic E-state index is -0.674. The number of hydrogen-bond donors (Lipinski definition) is 4. The van der Waals surface area contributed by atoms with Gasteiger partial charge in [-0.3, -0.25) is 9.59 Å². The fraction of sp³-hybridized carbons (Fsp3) is 0.489. The number of H-pyrrole nitrogens is 2. The number of hydrogen-bond acceptors (Lipinski definition) is 7. The first-order valence-electron chi connectivity index (χ1n) is 20.9. The topological polar surface area (TPSA) is 154 Å². The molecule has 3 amide bonds. The Labute approximate surface area is 333 Å². The van der Waals surface area contributed by atoms with Crippen LogP contribution in [0.15, 0.2) is 48.7 Å². The summed E-state index contributed by atoms with van der Waals surface area (Å²) in [5.74, 6) is 3.86. The minimum Gasteiger partial charge on any atom is -0.457 e. The number of carbonyl (C=O) groups excluding carboxylic acids is 3. The lowest BCUT2D eigenvalue weighted by molar-refractivity contribution is -0.135. The largest absolute Gasteiger partial charge is 0.457 e. The molecule has 3 aromatic carbocycles. The summed E-state index contributed by atoms with van der Waals surface area (Å²) in [7, 11) is 1.32. The molecule has 57 heavy (non-hydrogen) atoms. The maximum Gasteiger partial charge on any atom is 0.407 e. The Morgan fingerprint density at radius 1 is 1.02 bits per heavy atom. The molecule has 2 fully saturated rings. The number of likely N-dealkylation sites (tertiary alicyclic amines) is 1. The van der Waals surface area contributed by atoms with E-state index in [9.17, 15) is 14.4 Å². The Bertz CT molecular complexity index is 2310. The van der Waals surface area contributed by atoms with Gasteiger partial charge >= 0.3 is 6.09 Å². The number of benzene rings is 3. The lowest BCUT2D eigenvalue weighted by atomic mass is 9.83. The van der Waals surface area contributed by atoms with E-state index < -0.39 is 12.1 Å². The third-order valence-electron chi connectivity index (χ3n) is 12.7. The van der Waals surface area contributed by atoms with E-state index in [4.69, 9.17) is 14.5 Å². The van der Waals surface area contributed by atoms with Crippen molar-refractivity contribution in [1.29, 1.82) is 0 Å². The third-order valence-corrected chi connectivity index (χ3v) is 12.7. The molecule has 1 spiro atoms. The first-order chi connectivity index (χ1) is 27.6. The van der Waals surface area contributed by atoms with Crippen LogP contribution in [0.25, 0.3) is 33.1 Å². The summed E-state index contributed by atoms with van der Waals surface area (Å²) in [6, 6.07) is 14.2. The fourth-order valence-corrected chi connectivity index (χ4v) is 8.73. The molecule has 12 nitrogen and oxygen atoms in total. The number of amides is 3. The highest BCUT2D eigenvalue weighted by molar-refractivity contribution is 6.05. The van der Waals surface area contributed by atoms with Gasteiger partial charge in [-0.2, -0.15) is 0 Å². The number of nitrogens with zero attached hydrogens (tertiary/aromatic N) is 3. The minimum absolute atomic E-state index is 0.0526. The highest BCUT2D eigenvalue weighted by Gasteiger charge is 2.52. The Kier molecular flexibility index (Phi) is 10.7. The number of carbonyl (C=O) groups is 3. The first-order valence-corrected chi connectivity index (χ1v) is 20.9. The number of alkyl carbamates (subject to hydrolysis) is 1. The van der Waals surface area contributed by atoms with Crippen molar-refractivity contribution in [3.05, 3.63) is 71.4 Å². The number of rotatable bonds is 14. The number of imidazole rings is 2. The molecule has 8 rings (SSSR count). The SMILES string of the molecule is CC[C@H](C)CC(=O)NCCCCc1ncc(-c2ccc3c(c2)Oc2cc4ccc5[nH]c([C@@H]6CCCN6C(=O)[C@@H](NC(=O)OC)[C@@H](C)CC)nc5c4cc2C32CC2)[nH]1. The molecule has 1 saturated carbocycles. The predicted octanol–water partition coefficient (Wildman–Crippen LogP) is 8.60. The van der Waals surface area contributed by atoms with Gasteiger partial charge in [0, 0.05) is 53.4 Å². The average molecular weight is 774 g/mol. The van der Waals surface area contributed by atoms with Gasteiger partial charge in [0.15, 0.2) is 0 Å². The maximum atomic E-state index is 13.9. The lowest BCUT2D eigenvalue weighted by Crippen LogP contribution is -2.51. The molecule has 2 aromatic heterocycles. The first kappa shape index (κ1) is 38.5. The van der Waals surface area contributed by atoms with E-state index >= 15 is 0 Å². The third kappa shape index (κ3) is 7.46. The van der Waals surface area contributed by atoms with Crippen molar-refractivity contribution in [3.8, 4) is 22.8 Å². The number of unbranched alkanes of at least 4 members (excludes halogenated alkanes) is 1. The summed E-state index contributed by atoms with van der Waals surface area (Å²) in [5.41, 5.74) is 6.10. The summed E-state index contributed by atoms with van der Waals surface area (Å²) in [6.45, 7) is 9.51. The van der Waals surface area contributed by atoms with Crippen LogP contribution in [0.4, 0.5) is 4.79 Å². The fourth-order valence-electron chi connectivity index (χ4n) is 8.73. The number of methoxy groups -OCH3 is 1. The standard InChI is InChI=1S/C45H55N7O5/c1-6-26(3)21-39(53)46-19-9-8-12-38-47-25-34(48-38)29-13-15-31-36(23-29)57-37-22-28-14-16-33-41(30(28)24-32(37)45(31)17-18-45)50-42(49-33)35-11-10-20-52(35)43(54)40(27(4)7-2)51-44(55)56-5/h13-16,22-27,35,40H,6-12,17-21H2,1-5H3,(H,46,53)(H,47,48)(H,49,50)(H,51,55)/t26-,27-,35-,40-/m0/s1. The summed E-state index contributed by atoms with van der Waals surface area (Å²) in [4.78, 5) is 57.0. The van der Waals surface area contributed by atoms with Crippen LogP contribution < -0.4 is 15.4 Å². The molecule has 2 aliphatic heterocycles. The molecule has 5 aromatic rings. The Morgan fingerprint density at radius 2 is 1.84 bits per heavy atom. The Hall–Kier alpha value is -5.39. The van der Waals surface area contributed by atoms with Gasteiger partial charge in [0.05, 0.1) is 36.1 Å². The molecule has 300 valence electrons. The number of fused-ring (bicyclic) bond motifs is 7. The number of aromatic nitrogens is 4. The van der Waals surface area contributed by atoms with Crippen molar-refractivity contribution < 1.29 is 23.9 Å². The summed E-state index contributed by atoms with van der Waals surface area (Å²) < 4.78 is 11.6. The van der Waals surface area contributed by atoms with Crippen molar-refractivity contribution >= 4 is 39.7 Å². The van der Waals surface area contributed by atoms with Crippen LogP contribution in [0, 0.1) is 11.8 Å². The van der Waals surface area contributed by atoms with Crippen molar-refractivity contribution in [2.24, 2.45) is 11.8 Å². The highest BCUT2D eigenvalue weighted by atomic mass is 16.5. The van der Waals surface area contributed by atoms with Crippen molar-refractivity contribution in [1.82, 2.24) is 35.5 Å². The molecule has 12 heteroatoms. The van der Waals surface area contributed by atoms with Crippen LogP contribution in [0.2, 0.25) is 0 Å². The van der Waals surface area contributed by atoms with Gasteiger partial charge in [0.25, 0.3) is 0 Å². The number of ether oxygens (including phenoxy) is 2. The van der Waals surface area contributed by atoms with Gasteiger partial charge in [-0.05, 0) is 80.0 Å². The quantitative estimate of drug-likeness (QED) is 0.0825. The van der Waals surface area contributed by atoms with Crippen LogP contribution in [0.3, 0.4) is 0 Å². The molecule has 0 unspecified atom stereocenters. The predicted molar refractivity (Wildman–Crippen MR) is 220 cm³/mol. The van der Waals surface area contributed by atoms with Crippen molar-refractivity contribution in [2.75, 3.05) is 20.2 Å². The summed E-state index contributed by atoms with van der Waals surface area (Å²) in [6.07, 6.45) is 10.1. The molecule has 1 aliphatic carbocycles. The van der Waals surface area contributed by atoms with Gasteiger partial charge in [0.1, 0.15) is 29.2 Å². The van der Waals surface area contributed by atoms with E-state index in [1.165, 1.54) is 18.2 Å². The average Bonchev–Trinajstić information content (AvgIpc) is 3.54. The number of aromatic amines is 2. The lowest BCUT2D eigenvalue weighted by Gasteiger charge is -2.30. The van der Waals surface area contributed by atoms with E-state index in [2.05, 4.69) is 81.9 Å². The molecular weight excluding hydrogens is 719 g/mol. The zero-order valence-electron chi connectivity index (χ0n) is 33.8. The van der Waals surface area contributed by atoms with Crippen LogP contribution >= 0.6 is 0 Å². The Morgan fingerprint density at radius 3 is 2.61 bits per heavy atom. The Balaban J connectivity index is 0.995. The van der Waals surface area contributed by atoms with E-state index in [-0.39, 0.29) is 29.2 Å². The second-order valence-corrected chi connectivity index (χ2v) is 16.5. The van der Waals surface area contributed by atoms with E-state index in [0.29, 0.717) is 25.4 Å². The van der Waals surface area contributed by atoms with Gasteiger partial charge in [-0.1, -0.05) is 58.7 Å². The van der Waals surface area contributed by atoms with Gasteiger partial charge in [-0.25, -0.2) is 14.8 Å². The zero-order chi connectivity index (χ0) is 39.8. The van der Waals surface area contributed by atoms with E-state index in [0.717, 1.165) is 114 Å². The number of nitrogens with one attached hydrogen (secondary N) is 4. The van der Waals surface area contributed by atoms with E-state index in [1.807, 2.05) is 24.9 Å². The molecule has 3 aliphatic rings. The summed E-state index contributed by atoms with van der Waals surface area (Å²) >= 11 is 0. The molecule has 4 heterocycles.